The first kappa shape index (κ1) is 17.5. The standard InChI is InChI=1S/C18H24N4O3S/c23-16(13-3-6-19-7-4-13)20-9-10-21-15(12-20)17(24)22(18(21)25)8-5-14-2-1-11-26-14/h1-2,11,13,15,19H,3-10,12H2. The summed E-state index contributed by atoms with van der Waals surface area (Å²) in [6.45, 7) is 3.45. The molecule has 0 spiro atoms. The molecule has 0 radical (unpaired) electrons. The molecule has 4 rings (SSSR count). The van der Waals surface area contributed by atoms with Crippen molar-refractivity contribution in [2.45, 2.75) is 25.3 Å². The zero-order chi connectivity index (χ0) is 18.1. The molecule has 1 aromatic heterocycles. The summed E-state index contributed by atoms with van der Waals surface area (Å²) >= 11 is 1.63. The number of fused-ring (bicyclic) bond motifs is 1. The minimum atomic E-state index is -0.509. The average Bonchev–Trinajstić information content (AvgIpc) is 3.28. The third-order valence-corrected chi connectivity index (χ3v) is 6.51. The first-order valence-corrected chi connectivity index (χ1v) is 10.2. The Hall–Kier alpha value is -1.93. The molecule has 3 aliphatic rings. The molecule has 0 aromatic carbocycles. The van der Waals surface area contributed by atoms with Gasteiger partial charge in [0.1, 0.15) is 6.04 Å². The number of piperidine rings is 1. The molecule has 1 atom stereocenters. The molecule has 26 heavy (non-hydrogen) atoms. The average molecular weight is 376 g/mol. The summed E-state index contributed by atoms with van der Waals surface area (Å²) in [7, 11) is 0. The minimum absolute atomic E-state index is 0.0462. The molecule has 1 aromatic rings. The van der Waals surface area contributed by atoms with Gasteiger partial charge in [0.25, 0.3) is 5.91 Å². The van der Waals surface area contributed by atoms with Crippen LogP contribution in [0.1, 0.15) is 17.7 Å². The molecular formula is C18H24N4O3S. The minimum Gasteiger partial charge on any atom is -0.338 e. The van der Waals surface area contributed by atoms with Crippen LogP contribution < -0.4 is 5.32 Å². The van der Waals surface area contributed by atoms with Gasteiger partial charge in [0.05, 0.1) is 6.54 Å². The van der Waals surface area contributed by atoms with E-state index in [2.05, 4.69) is 5.32 Å². The summed E-state index contributed by atoms with van der Waals surface area (Å²) in [4.78, 5) is 44.1. The SMILES string of the molecule is O=C(C1CCNCC1)N1CCN2C(=O)N(CCc3cccs3)C(=O)C2C1. The third-order valence-electron chi connectivity index (χ3n) is 5.57. The molecule has 8 heteroatoms. The van der Waals surface area contributed by atoms with E-state index in [9.17, 15) is 14.4 Å². The van der Waals surface area contributed by atoms with Crippen LogP contribution in [0.3, 0.4) is 0 Å². The largest absolute Gasteiger partial charge is 0.338 e. The molecule has 3 fully saturated rings. The van der Waals surface area contributed by atoms with Crippen molar-refractivity contribution < 1.29 is 14.4 Å². The van der Waals surface area contributed by atoms with Gasteiger partial charge >= 0.3 is 6.03 Å². The number of piperazine rings is 1. The lowest BCUT2D eigenvalue weighted by Gasteiger charge is -2.37. The lowest BCUT2D eigenvalue weighted by molar-refractivity contribution is -0.140. The number of carbonyl (C=O) groups is 3. The number of hydrogen-bond donors (Lipinski definition) is 1. The molecule has 3 aliphatic heterocycles. The Morgan fingerprint density at radius 3 is 2.77 bits per heavy atom. The highest BCUT2D eigenvalue weighted by Crippen LogP contribution is 2.25. The van der Waals surface area contributed by atoms with E-state index in [1.165, 1.54) is 4.90 Å². The molecule has 4 heterocycles. The molecule has 0 aliphatic carbocycles. The fraction of sp³-hybridized carbons (Fsp3) is 0.611. The predicted molar refractivity (Wildman–Crippen MR) is 97.8 cm³/mol. The molecule has 0 bridgehead atoms. The van der Waals surface area contributed by atoms with Gasteiger partial charge in [-0.25, -0.2) is 4.79 Å². The maximum Gasteiger partial charge on any atom is 0.327 e. The summed E-state index contributed by atoms with van der Waals surface area (Å²) in [5.41, 5.74) is 0. The Morgan fingerprint density at radius 1 is 1.23 bits per heavy atom. The number of imide groups is 1. The Kier molecular flexibility index (Phi) is 4.95. The van der Waals surface area contributed by atoms with Crippen LogP contribution in [0.5, 0.6) is 0 Å². The number of carbonyl (C=O) groups excluding carboxylic acids is 3. The second-order valence-electron chi connectivity index (χ2n) is 7.12. The van der Waals surface area contributed by atoms with Gasteiger partial charge in [-0.05, 0) is 43.8 Å². The highest BCUT2D eigenvalue weighted by molar-refractivity contribution is 7.09. The summed E-state index contributed by atoms with van der Waals surface area (Å²) in [6, 6.07) is 3.28. The Labute approximate surface area is 156 Å². The number of nitrogens with zero attached hydrogens (tertiary/aromatic N) is 3. The molecular weight excluding hydrogens is 352 g/mol. The van der Waals surface area contributed by atoms with Crippen LogP contribution >= 0.6 is 11.3 Å². The van der Waals surface area contributed by atoms with Crippen molar-refractivity contribution in [3.63, 3.8) is 0 Å². The second kappa shape index (κ2) is 7.36. The predicted octanol–water partition coefficient (Wildman–Crippen LogP) is 0.765. The van der Waals surface area contributed by atoms with Crippen molar-refractivity contribution in [2.75, 3.05) is 39.3 Å². The number of nitrogens with one attached hydrogen (secondary N) is 1. The van der Waals surface area contributed by atoms with Gasteiger partial charge in [-0.15, -0.1) is 11.3 Å². The first-order chi connectivity index (χ1) is 12.6. The lowest BCUT2D eigenvalue weighted by atomic mass is 9.96. The molecule has 140 valence electrons. The molecule has 3 saturated heterocycles. The van der Waals surface area contributed by atoms with Crippen molar-refractivity contribution in [1.82, 2.24) is 20.0 Å². The van der Waals surface area contributed by atoms with E-state index < -0.39 is 6.04 Å². The first-order valence-electron chi connectivity index (χ1n) is 9.29. The lowest BCUT2D eigenvalue weighted by Crippen LogP contribution is -2.56. The van der Waals surface area contributed by atoms with Crippen LogP contribution in [0, 0.1) is 5.92 Å². The molecule has 1 N–H and O–H groups in total. The van der Waals surface area contributed by atoms with Crippen LogP contribution in [-0.2, 0) is 16.0 Å². The smallest absolute Gasteiger partial charge is 0.327 e. The molecule has 0 saturated carbocycles. The van der Waals surface area contributed by atoms with Gasteiger partial charge in [-0.1, -0.05) is 6.07 Å². The van der Waals surface area contributed by atoms with E-state index in [1.807, 2.05) is 17.5 Å². The quantitative estimate of drug-likeness (QED) is 0.788. The molecule has 7 nitrogen and oxygen atoms in total. The second-order valence-corrected chi connectivity index (χ2v) is 8.15. The maximum atomic E-state index is 12.8. The number of rotatable bonds is 4. The van der Waals surface area contributed by atoms with Crippen LogP contribution in [0.2, 0.25) is 0 Å². The van der Waals surface area contributed by atoms with E-state index in [0.717, 1.165) is 30.8 Å². The van der Waals surface area contributed by atoms with Crippen LogP contribution in [-0.4, -0.2) is 77.9 Å². The zero-order valence-electron chi connectivity index (χ0n) is 14.7. The highest BCUT2D eigenvalue weighted by Gasteiger charge is 2.48. The van der Waals surface area contributed by atoms with Crippen molar-refractivity contribution in [3.8, 4) is 0 Å². The fourth-order valence-corrected chi connectivity index (χ4v) is 4.76. The Morgan fingerprint density at radius 2 is 2.04 bits per heavy atom. The highest BCUT2D eigenvalue weighted by atomic mass is 32.1. The van der Waals surface area contributed by atoms with E-state index in [1.54, 1.807) is 21.1 Å². The summed E-state index contributed by atoms with van der Waals surface area (Å²) in [5, 5.41) is 5.27. The number of hydrogen-bond acceptors (Lipinski definition) is 5. The van der Waals surface area contributed by atoms with Gasteiger partial charge in [0.15, 0.2) is 0 Å². The number of thiophene rings is 1. The van der Waals surface area contributed by atoms with Crippen molar-refractivity contribution in [1.29, 1.82) is 0 Å². The van der Waals surface area contributed by atoms with E-state index in [0.29, 0.717) is 32.6 Å². The van der Waals surface area contributed by atoms with Gasteiger partial charge in [-0.2, -0.15) is 0 Å². The molecule has 4 amide bonds. The van der Waals surface area contributed by atoms with Gasteiger partial charge in [0.2, 0.25) is 5.91 Å². The van der Waals surface area contributed by atoms with Gasteiger partial charge in [-0.3, -0.25) is 14.5 Å². The maximum absolute atomic E-state index is 12.8. The zero-order valence-corrected chi connectivity index (χ0v) is 15.5. The van der Waals surface area contributed by atoms with E-state index in [4.69, 9.17) is 0 Å². The monoisotopic (exact) mass is 376 g/mol. The Bertz CT molecular complexity index is 687. The normalized spacial score (nSPS) is 24.3. The number of urea groups is 1. The third kappa shape index (κ3) is 3.23. The summed E-state index contributed by atoms with van der Waals surface area (Å²) in [6.07, 6.45) is 2.39. The molecule has 1 unspecified atom stereocenters. The summed E-state index contributed by atoms with van der Waals surface area (Å²) in [5.74, 6) is 0.0303. The van der Waals surface area contributed by atoms with Crippen LogP contribution in [0.4, 0.5) is 4.79 Å². The topological polar surface area (TPSA) is 73.0 Å². The summed E-state index contributed by atoms with van der Waals surface area (Å²) < 4.78 is 0. The van der Waals surface area contributed by atoms with Crippen molar-refractivity contribution in [2.24, 2.45) is 5.92 Å². The number of amides is 4. The Balaban J connectivity index is 1.39. The van der Waals surface area contributed by atoms with Gasteiger partial charge < -0.3 is 15.1 Å². The van der Waals surface area contributed by atoms with Gasteiger partial charge in [0, 0.05) is 30.4 Å². The van der Waals surface area contributed by atoms with Crippen molar-refractivity contribution in [3.05, 3.63) is 22.4 Å². The van der Waals surface area contributed by atoms with E-state index >= 15 is 0 Å². The van der Waals surface area contributed by atoms with Crippen LogP contribution in [0.25, 0.3) is 0 Å². The fourth-order valence-electron chi connectivity index (χ4n) is 4.06. The van der Waals surface area contributed by atoms with E-state index in [-0.39, 0.29) is 23.8 Å². The van der Waals surface area contributed by atoms with Crippen LogP contribution in [0.15, 0.2) is 17.5 Å². The van der Waals surface area contributed by atoms with Crippen molar-refractivity contribution >= 4 is 29.2 Å².